The summed E-state index contributed by atoms with van der Waals surface area (Å²) in [7, 11) is 0. The van der Waals surface area contributed by atoms with E-state index in [1.807, 2.05) is 0 Å². The van der Waals surface area contributed by atoms with Crippen molar-refractivity contribution in [3.8, 4) is 0 Å². The minimum absolute atomic E-state index is 0.0141. The van der Waals surface area contributed by atoms with Gasteiger partial charge in [-0.05, 0) is 117 Å². The van der Waals surface area contributed by atoms with E-state index in [9.17, 15) is 14.7 Å². The van der Waals surface area contributed by atoms with Crippen LogP contribution in [0.3, 0.4) is 0 Å². The second-order valence-electron chi connectivity index (χ2n) is 14.6. The Morgan fingerprint density at radius 2 is 1.87 bits per heavy atom. The average molecular weight is 524 g/mol. The molecule has 0 radical (unpaired) electrons. The lowest BCUT2D eigenvalue weighted by Gasteiger charge is -2.59. The van der Waals surface area contributed by atoms with Crippen molar-refractivity contribution >= 4 is 11.8 Å². The summed E-state index contributed by atoms with van der Waals surface area (Å²) < 4.78 is 11.0. The maximum atomic E-state index is 13.7. The van der Waals surface area contributed by atoms with E-state index in [0.29, 0.717) is 66.1 Å². The molecule has 1 N–H and O–H groups in total. The van der Waals surface area contributed by atoms with E-state index in [-0.39, 0.29) is 23.2 Å². The van der Waals surface area contributed by atoms with Crippen molar-refractivity contribution in [2.45, 2.75) is 96.3 Å². The molecule has 208 valence electrons. The summed E-state index contributed by atoms with van der Waals surface area (Å²) in [5.74, 6) is 4.10. The van der Waals surface area contributed by atoms with Crippen LogP contribution < -0.4 is 0 Å². The number of nitrogens with zero attached hydrogens (tertiary/aromatic N) is 1. The fraction of sp³-hybridized carbons (Fsp3) is 0.812. The van der Waals surface area contributed by atoms with Crippen LogP contribution in [0.5, 0.6) is 0 Å². The molecule has 6 fully saturated rings. The van der Waals surface area contributed by atoms with Gasteiger partial charge in [0.25, 0.3) is 0 Å². The van der Waals surface area contributed by atoms with Gasteiger partial charge in [0, 0.05) is 31.5 Å². The molecule has 2 aliphatic heterocycles. The third-order valence-corrected chi connectivity index (χ3v) is 12.8. The van der Waals surface area contributed by atoms with Crippen molar-refractivity contribution in [3.05, 3.63) is 24.2 Å². The third-order valence-electron chi connectivity index (χ3n) is 12.8. The molecule has 6 heteroatoms. The third kappa shape index (κ3) is 3.72. The van der Waals surface area contributed by atoms with Crippen LogP contribution in [0, 0.1) is 52.8 Å². The smallest absolute Gasteiger partial charge is 0.374 e. The van der Waals surface area contributed by atoms with Gasteiger partial charge in [-0.15, -0.1) is 0 Å². The number of esters is 1. The van der Waals surface area contributed by atoms with Crippen molar-refractivity contribution in [1.82, 2.24) is 4.90 Å². The van der Waals surface area contributed by atoms with Crippen LogP contribution >= 0.6 is 0 Å². The van der Waals surface area contributed by atoms with Gasteiger partial charge in [-0.3, -0.25) is 9.69 Å². The van der Waals surface area contributed by atoms with Gasteiger partial charge in [-0.25, -0.2) is 4.79 Å². The van der Waals surface area contributed by atoms with Gasteiger partial charge in [0.15, 0.2) is 0 Å². The molecule has 4 aliphatic carbocycles. The summed E-state index contributed by atoms with van der Waals surface area (Å²) in [4.78, 5) is 28.9. The van der Waals surface area contributed by atoms with Crippen molar-refractivity contribution in [3.63, 3.8) is 0 Å². The molecule has 0 spiro atoms. The van der Waals surface area contributed by atoms with E-state index >= 15 is 0 Å². The molecule has 3 heterocycles. The summed E-state index contributed by atoms with van der Waals surface area (Å²) in [5.41, 5.74) is -0.625. The molecule has 4 saturated carbocycles. The normalized spacial score (nSPS) is 50.3. The highest BCUT2D eigenvalue weighted by Crippen LogP contribution is 2.66. The first-order valence-electron chi connectivity index (χ1n) is 15.4. The molecule has 0 amide bonds. The largest absolute Gasteiger partial charge is 0.457 e. The Bertz CT molecular complexity index is 1080. The highest BCUT2D eigenvalue weighted by atomic mass is 16.6. The summed E-state index contributed by atoms with van der Waals surface area (Å²) in [5, 5.41) is 11.9. The number of rotatable bonds is 2. The molecule has 38 heavy (non-hydrogen) atoms. The van der Waals surface area contributed by atoms with Crippen LogP contribution in [-0.4, -0.2) is 52.6 Å². The topological polar surface area (TPSA) is 80.0 Å². The van der Waals surface area contributed by atoms with E-state index < -0.39 is 11.6 Å². The predicted octanol–water partition coefficient (Wildman–Crippen LogP) is 5.34. The van der Waals surface area contributed by atoms with Crippen molar-refractivity contribution in [1.29, 1.82) is 0 Å². The number of carbonyl (C=O) groups is 2. The number of fused-ring (bicyclic) bond motifs is 8. The van der Waals surface area contributed by atoms with Crippen LogP contribution in [0.1, 0.15) is 89.1 Å². The zero-order chi connectivity index (χ0) is 26.4. The Morgan fingerprint density at radius 1 is 1.03 bits per heavy atom. The van der Waals surface area contributed by atoms with Crippen LogP contribution in [0.15, 0.2) is 22.8 Å². The first-order valence-corrected chi connectivity index (χ1v) is 15.4. The molecule has 7 rings (SSSR count). The minimum atomic E-state index is -0.611. The summed E-state index contributed by atoms with van der Waals surface area (Å²) >= 11 is 0. The van der Waals surface area contributed by atoms with Gasteiger partial charge >= 0.3 is 5.97 Å². The quantitative estimate of drug-likeness (QED) is 0.527. The molecule has 0 aromatic carbocycles. The lowest BCUT2D eigenvalue weighted by atomic mass is 9.51. The molecule has 1 aromatic heterocycles. The zero-order valence-electron chi connectivity index (χ0n) is 23.3. The lowest BCUT2D eigenvalue weighted by Crippen LogP contribution is -2.67. The maximum Gasteiger partial charge on any atom is 0.374 e. The number of hydrogen-bond acceptors (Lipinski definition) is 6. The molecule has 0 bridgehead atoms. The van der Waals surface area contributed by atoms with E-state index in [4.69, 9.17) is 9.15 Å². The second-order valence-corrected chi connectivity index (χ2v) is 14.6. The van der Waals surface area contributed by atoms with Crippen LogP contribution in [0.4, 0.5) is 0 Å². The number of carbonyl (C=O) groups excluding carboxylic acids is 2. The van der Waals surface area contributed by atoms with Gasteiger partial charge in [0.2, 0.25) is 5.76 Å². The first kappa shape index (κ1) is 25.3. The van der Waals surface area contributed by atoms with Gasteiger partial charge in [-0.1, -0.05) is 13.8 Å². The fourth-order valence-corrected chi connectivity index (χ4v) is 11.1. The number of hydrogen-bond donors (Lipinski definition) is 1. The zero-order valence-corrected chi connectivity index (χ0v) is 23.3. The number of ketones is 1. The van der Waals surface area contributed by atoms with Crippen molar-refractivity contribution in [2.75, 3.05) is 13.1 Å². The Hall–Kier alpha value is -1.66. The first-order chi connectivity index (χ1) is 18.2. The van der Waals surface area contributed by atoms with Crippen LogP contribution in [0.2, 0.25) is 0 Å². The summed E-state index contributed by atoms with van der Waals surface area (Å²) in [6.07, 6.45) is 10.2. The number of aliphatic hydroxyl groups is 1. The van der Waals surface area contributed by atoms with Crippen molar-refractivity contribution in [2.24, 2.45) is 52.8 Å². The second kappa shape index (κ2) is 8.92. The minimum Gasteiger partial charge on any atom is -0.457 e. The van der Waals surface area contributed by atoms with Gasteiger partial charge in [0.1, 0.15) is 11.9 Å². The van der Waals surface area contributed by atoms with Crippen LogP contribution in [-0.2, 0) is 9.53 Å². The standard InChI is InChI=1S/C32H45NO5/c1-18-6-9-29-32(3,36)24-8-7-20-21(23(24)17-33(29)16-18)14-25-22(20)15-27(34)26-13-19(10-11-31(25,26)2)38-30(35)28-5-4-12-37-28/h4-5,12,18-26,29,36H,6-11,13-17H2,1-3H3/t18?,19?,20-,21-,22?,23?,24?,25+,26-,29+,31-,32+/m1/s1. The fourth-order valence-electron chi connectivity index (χ4n) is 11.1. The SMILES string of the molecule is CC1CC[C@@H]2N(C1)CC1C(CC[C@H]3C4CC(=O)[C@H]5CC(OC(=O)c6ccco6)CC[C@]5(C)[C@H]4C[C@@H]13)[C@]2(C)O. The number of piperidine rings is 2. The van der Waals surface area contributed by atoms with Crippen molar-refractivity contribution < 1.29 is 23.8 Å². The monoisotopic (exact) mass is 523 g/mol. The van der Waals surface area contributed by atoms with E-state index in [2.05, 4.69) is 25.7 Å². The van der Waals surface area contributed by atoms with Gasteiger partial charge in [-0.2, -0.15) is 0 Å². The molecule has 6 aliphatic rings. The molecular weight excluding hydrogens is 478 g/mol. The Morgan fingerprint density at radius 3 is 2.66 bits per heavy atom. The molecule has 2 saturated heterocycles. The highest BCUT2D eigenvalue weighted by molar-refractivity contribution is 5.86. The predicted molar refractivity (Wildman–Crippen MR) is 142 cm³/mol. The van der Waals surface area contributed by atoms with E-state index in [1.165, 1.54) is 25.5 Å². The molecular formula is C32H45NO5. The highest BCUT2D eigenvalue weighted by Gasteiger charge is 2.64. The summed E-state index contributed by atoms with van der Waals surface area (Å²) in [6.45, 7) is 9.14. The molecule has 12 atom stereocenters. The number of furan rings is 1. The van der Waals surface area contributed by atoms with E-state index in [1.54, 1.807) is 12.1 Å². The Balaban J connectivity index is 1.11. The Labute approximate surface area is 226 Å². The molecule has 6 nitrogen and oxygen atoms in total. The van der Waals surface area contributed by atoms with E-state index in [0.717, 1.165) is 38.8 Å². The summed E-state index contributed by atoms with van der Waals surface area (Å²) in [6, 6.07) is 3.64. The lowest BCUT2D eigenvalue weighted by molar-refractivity contribution is -0.175. The number of Topliss-reactive ketones (excluding diaryl/α,β-unsaturated/α-hetero) is 1. The Kier molecular flexibility index (Phi) is 5.94. The van der Waals surface area contributed by atoms with Gasteiger partial charge < -0.3 is 14.3 Å². The molecule has 5 unspecified atom stereocenters. The molecule has 1 aromatic rings. The van der Waals surface area contributed by atoms with Gasteiger partial charge in [0.05, 0.1) is 11.9 Å². The average Bonchev–Trinajstić information content (AvgIpc) is 3.54. The number of ether oxygens (including phenoxy) is 1. The maximum absolute atomic E-state index is 13.7. The van der Waals surface area contributed by atoms with Crippen LogP contribution in [0.25, 0.3) is 0 Å².